The lowest BCUT2D eigenvalue weighted by atomic mass is 10.1. The van der Waals surface area contributed by atoms with Gasteiger partial charge in [0.25, 0.3) is 0 Å². The third-order valence-electron chi connectivity index (χ3n) is 8.11. The van der Waals surface area contributed by atoms with Crippen molar-refractivity contribution in [3.8, 4) is 34.5 Å². The summed E-state index contributed by atoms with van der Waals surface area (Å²) in [6.45, 7) is 7.14. The fourth-order valence-corrected chi connectivity index (χ4v) is 5.02. The molecule has 0 saturated carbocycles. The summed E-state index contributed by atoms with van der Waals surface area (Å²) in [7, 11) is 0. The smallest absolute Gasteiger partial charge is 0.343 e. The van der Waals surface area contributed by atoms with Crippen molar-refractivity contribution in [2.75, 3.05) is 13.2 Å². The van der Waals surface area contributed by atoms with Gasteiger partial charge >= 0.3 is 23.9 Å². The summed E-state index contributed by atoms with van der Waals surface area (Å²) in [5, 5.41) is 0. The molecule has 10 heteroatoms. The summed E-state index contributed by atoms with van der Waals surface area (Å²) >= 11 is 0. The number of rotatable bonds is 21. The molecule has 0 bridgehead atoms. The zero-order chi connectivity index (χ0) is 37.8. The molecule has 10 nitrogen and oxygen atoms in total. The fraction of sp³-hybridized carbons (Fsp3) is 0.349. The van der Waals surface area contributed by atoms with Crippen LogP contribution in [0, 0.1) is 5.92 Å². The maximum Gasteiger partial charge on any atom is 0.343 e. The molecule has 0 amide bonds. The van der Waals surface area contributed by atoms with Gasteiger partial charge in [0.05, 0.1) is 36.7 Å². The minimum absolute atomic E-state index is 0.225. The van der Waals surface area contributed by atoms with Crippen LogP contribution in [0.2, 0.25) is 0 Å². The lowest BCUT2D eigenvalue weighted by molar-refractivity contribution is -0.144. The van der Waals surface area contributed by atoms with Gasteiger partial charge < -0.3 is 28.4 Å². The van der Waals surface area contributed by atoms with Crippen molar-refractivity contribution in [3.05, 3.63) is 108 Å². The number of carbonyl (C=O) groups is 4. The van der Waals surface area contributed by atoms with E-state index in [1.165, 1.54) is 61.4 Å². The third kappa shape index (κ3) is 14.1. The zero-order valence-corrected chi connectivity index (χ0v) is 30.7. The Kier molecular flexibility index (Phi) is 16.4. The quantitative estimate of drug-likeness (QED) is 0.0466. The van der Waals surface area contributed by atoms with Gasteiger partial charge in [-0.15, -0.1) is 0 Å². The molecule has 0 N–H and O–H groups in total. The van der Waals surface area contributed by atoms with Crippen LogP contribution in [0.4, 0.5) is 0 Å². The predicted octanol–water partition coefficient (Wildman–Crippen LogP) is 9.58. The lowest BCUT2D eigenvalue weighted by Gasteiger charge is -2.12. The molecule has 4 aromatic rings. The Labute approximate surface area is 311 Å². The monoisotopic (exact) mass is 724 g/mol. The number of ether oxygens (including phenoxy) is 6. The van der Waals surface area contributed by atoms with Crippen LogP contribution >= 0.6 is 0 Å². The van der Waals surface area contributed by atoms with Crippen LogP contribution in [-0.2, 0) is 9.59 Å². The van der Waals surface area contributed by atoms with Gasteiger partial charge in [0.2, 0.25) is 0 Å². The average molecular weight is 725 g/mol. The molecule has 4 rings (SSSR count). The molecule has 0 saturated heterocycles. The molecule has 0 aliphatic heterocycles. The number of carbonyl (C=O) groups excluding carboxylic acids is 4. The van der Waals surface area contributed by atoms with Gasteiger partial charge in [-0.1, -0.05) is 59.3 Å². The summed E-state index contributed by atoms with van der Waals surface area (Å²) in [4.78, 5) is 50.4. The van der Waals surface area contributed by atoms with E-state index in [4.69, 9.17) is 28.4 Å². The third-order valence-corrected chi connectivity index (χ3v) is 8.11. The molecular weight excluding hydrogens is 676 g/mol. The molecular formula is C43H48O10. The number of unbranched alkanes of at least 4 members (excludes halogenated alkanes) is 6. The first kappa shape index (κ1) is 40.1. The second-order valence-corrected chi connectivity index (χ2v) is 12.6. The number of hydrogen-bond donors (Lipinski definition) is 0. The van der Waals surface area contributed by atoms with E-state index in [2.05, 4.69) is 13.8 Å². The first-order chi connectivity index (χ1) is 25.7. The van der Waals surface area contributed by atoms with E-state index >= 15 is 0 Å². The summed E-state index contributed by atoms with van der Waals surface area (Å²) in [6, 6.07) is 25.5. The molecule has 0 heterocycles. The van der Waals surface area contributed by atoms with Gasteiger partial charge in [0.15, 0.2) is 0 Å². The van der Waals surface area contributed by atoms with E-state index in [0.717, 1.165) is 38.5 Å². The number of benzene rings is 4. The number of esters is 4. The lowest BCUT2D eigenvalue weighted by Crippen LogP contribution is -2.23. The Morgan fingerprint density at radius 3 is 1.21 bits per heavy atom. The molecule has 0 aliphatic rings. The van der Waals surface area contributed by atoms with E-state index in [1.54, 1.807) is 55.5 Å². The Balaban J connectivity index is 1.16. The van der Waals surface area contributed by atoms with Crippen molar-refractivity contribution in [1.29, 1.82) is 0 Å². The minimum atomic E-state index is -0.804. The van der Waals surface area contributed by atoms with Crippen molar-refractivity contribution in [1.82, 2.24) is 0 Å². The highest BCUT2D eigenvalue weighted by atomic mass is 16.6. The minimum Gasteiger partial charge on any atom is -0.494 e. The van der Waals surface area contributed by atoms with Crippen LogP contribution in [0.25, 0.3) is 0 Å². The number of hydrogen-bond acceptors (Lipinski definition) is 10. The Hall–Kier alpha value is -5.64. The summed E-state index contributed by atoms with van der Waals surface area (Å²) in [6.07, 6.45) is 8.68. The van der Waals surface area contributed by atoms with Crippen LogP contribution < -0.4 is 28.4 Å². The van der Waals surface area contributed by atoms with E-state index < -0.39 is 29.8 Å². The molecule has 0 fully saturated rings. The summed E-state index contributed by atoms with van der Waals surface area (Å²) in [5.74, 6) is -0.761. The van der Waals surface area contributed by atoms with Crippen LogP contribution in [0.3, 0.4) is 0 Å². The molecule has 280 valence electrons. The van der Waals surface area contributed by atoms with Gasteiger partial charge in [0.1, 0.15) is 34.5 Å². The van der Waals surface area contributed by atoms with Gasteiger partial charge in [-0.3, -0.25) is 9.59 Å². The maximum atomic E-state index is 12.7. The predicted molar refractivity (Wildman–Crippen MR) is 200 cm³/mol. The van der Waals surface area contributed by atoms with Crippen molar-refractivity contribution < 1.29 is 47.6 Å². The van der Waals surface area contributed by atoms with E-state index in [0.29, 0.717) is 35.8 Å². The highest BCUT2D eigenvalue weighted by molar-refractivity contribution is 5.92. The van der Waals surface area contributed by atoms with Crippen molar-refractivity contribution in [2.24, 2.45) is 5.92 Å². The molecule has 1 atom stereocenters. The fourth-order valence-electron chi connectivity index (χ4n) is 5.02. The van der Waals surface area contributed by atoms with Crippen LogP contribution in [0.5, 0.6) is 34.5 Å². The van der Waals surface area contributed by atoms with Gasteiger partial charge in [-0.25, -0.2) is 9.59 Å². The molecule has 0 aliphatic carbocycles. The molecule has 0 aromatic heterocycles. The molecule has 53 heavy (non-hydrogen) atoms. The Morgan fingerprint density at radius 1 is 0.453 bits per heavy atom. The second kappa shape index (κ2) is 21.7. The zero-order valence-electron chi connectivity index (χ0n) is 30.7. The van der Waals surface area contributed by atoms with Crippen molar-refractivity contribution in [2.45, 2.75) is 78.6 Å². The van der Waals surface area contributed by atoms with Gasteiger partial charge in [-0.2, -0.15) is 0 Å². The summed E-state index contributed by atoms with van der Waals surface area (Å²) < 4.78 is 33.1. The van der Waals surface area contributed by atoms with Crippen LogP contribution in [0.1, 0.15) is 99.3 Å². The topological polar surface area (TPSA) is 124 Å². The van der Waals surface area contributed by atoms with Gasteiger partial charge in [-0.05, 0) is 110 Å². The molecule has 1 unspecified atom stereocenters. The standard InChI is InChI=1S/C43H48O10/c1-4-6-8-10-28-48-34-16-12-32(13-17-34)42(46)52-38-22-20-36(21-23-38)50-40(44)30-31(3)41(45)51-37-24-26-39(27-25-37)53-43(47)33-14-18-35(19-15-33)49-29-11-9-7-5-2/h12-27,31H,4-11,28-30H2,1-3H3. The first-order valence-electron chi connectivity index (χ1n) is 18.3. The van der Waals surface area contributed by atoms with E-state index in [1.807, 2.05) is 0 Å². The van der Waals surface area contributed by atoms with E-state index in [-0.39, 0.29) is 29.4 Å². The highest BCUT2D eigenvalue weighted by Gasteiger charge is 2.21. The first-order valence-corrected chi connectivity index (χ1v) is 18.3. The summed E-state index contributed by atoms with van der Waals surface area (Å²) in [5.41, 5.74) is 0.741. The largest absolute Gasteiger partial charge is 0.494 e. The normalized spacial score (nSPS) is 11.2. The second-order valence-electron chi connectivity index (χ2n) is 12.6. The maximum absolute atomic E-state index is 12.7. The molecule has 0 spiro atoms. The van der Waals surface area contributed by atoms with Gasteiger partial charge in [0, 0.05) is 0 Å². The van der Waals surface area contributed by atoms with Crippen molar-refractivity contribution in [3.63, 3.8) is 0 Å². The highest BCUT2D eigenvalue weighted by Crippen LogP contribution is 2.23. The van der Waals surface area contributed by atoms with Crippen LogP contribution in [-0.4, -0.2) is 37.1 Å². The Bertz CT molecular complexity index is 1730. The van der Waals surface area contributed by atoms with Crippen molar-refractivity contribution >= 4 is 23.9 Å². The van der Waals surface area contributed by atoms with Crippen LogP contribution in [0.15, 0.2) is 97.1 Å². The average Bonchev–Trinajstić information content (AvgIpc) is 3.16. The van der Waals surface area contributed by atoms with E-state index in [9.17, 15) is 19.2 Å². The Morgan fingerprint density at radius 2 is 0.811 bits per heavy atom. The molecule has 0 radical (unpaired) electrons. The SMILES string of the molecule is CCCCCCOc1ccc(C(=O)Oc2ccc(OC(=O)CC(C)C(=O)Oc3ccc(OC(=O)c4ccc(OCCCCCC)cc4)cc3)cc2)cc1. The molecule has 4 aromatic carbocycles.